The van der Waals surface area contributed by atoms with Gasteiger partial charge in [0.15, 0.2) is 5.82 Å². The van der Waals surface area contributed by atoms with Gasteiger partial charge in [-0.05, 0) is 46.2 Å². The number of nitrogens with two attached hydrogens (primary N) is 1. The van der Waals surface area contributed by atoms with Crippen molar-refractivity contribution in [3.8, 4) is 11.5 Å². The molecule has 2 N–H and O–H groups in total. The fraction of sp³-hybridized carbons (Fsp3) is 0.385. The minimum absolute atomic E-state index is 0.106. The normalized spacial score (nSPS) is 13.6. The van der Waals surface area contributed by atoms with E-state index in [0.717, 1.165) is 13.6 Å². The van der Waals surface area contributed by atoms with Gasteiger partial charge in [0.25, 0.3) is 5.89 Å². The van der Waals surface area contributed by atoms with Crippen molar-refractivity contribution in [3.63, 3.8) is 0 Å². The Labute approximate surface area is 134 Å². The van der Waals surface area contributed by atoms with E-state index in [4.69, 9.17) is 10.3 Å². The first-order chi connectivity index (χ1) is 8.79. The highest BCUT2D eigenvalue weighted by atomic mass is 127. The highest BCUT2D eigenvalue weighted by Gasteiger charge is 2.27. The van der Waals surface area contributed by atoms with E-state index >= 15 is 0 Å². The van der Waals surface area contributed by atoms with Crippen molar-refractivity contribution in [1.29, 1.82) is 0 Å². The van der Waals surface area contributed by atoms with E-state index in [1.807, 2.05) is 18.2 Å². The Morgan fingerprint density at radius 1 is 1.37 bits per heavy atom. The molecule has 0 aliphatic carbocycles. The molecule has 1 aromatic heterocycles. The van der Waals surface area contributed by atoms with Crippen LogP contribution in [0.15, 0.2) is 27.2 Å². The number of hydrogen-bond acceptors (Lipinski definition) is 4. The molecule has 6 heteroatoms. The van der Waals surface area contributed by atoms with E-state index in [1.54, 1.807) is 0 Å². The average Bonchev–Trinajstić information content (AvgIpc) is 2.79. The SMILES string of the molecule is CC(C)(C)C(N)c1noc(-c2cc(Br)ccc2I)n1. The first kappa shape index (κ1) is 14.9. The molecule has 1 atom stereocenters. The summed E-state index contributed by atoms with van der Waals surface area (Å²) in [6, 6.07) is 5.67. The number of nitrogens with zero attached hydrogens (tertiary/aromatic N) is 2. The molecule has 0 amide bonds. The average molecular weight is 436 g/mol. The van der Waals surface area contributed by atoms with Crippen molar-refractivity contribution in [1.82, 2.24) is 10.1 Å². The van der Waals surface area contributed by atoms with E-state index < -0.39 is 0 Å². The van der Waals surface area contributed by atoms with Gasteiger partial charge < -0.3 is 10.3 Å². The highest BCUT2D eigenvalue weighted by Crippen LogP contribution is 2.31. The number of halogens is 2. The molecule has 2 aromatic rings. The van der Waals surface area contributed by atoms with E-state index in [2.05, 4.69) is 69.4 Å². The van der Waals surface area contributed by atoms with Crippen LogP contribution in [0.25, 0.3) is 11.5 Å². The predicted octanol–water partition coefficient (Wildman–Crippen LogP) is 4.15. The van der Waals surface area contributed by atoms with Gasteiger partial charge in [0, 0.05) is 8.04 Å². The zero-order valence-electron chi connectivity index (χ0n) is 10.9. The van der Waals surface area contributed by atoms with Crippen LogP contribution < -0.4 is 5.73 Å². The first-order valence-electron chi connectivity index (χ1n) is 5.83. The lowest BCUT2D eigenvalue weighted by Gasteiger charge is -2.23. The van der Waals surface area contributed by atoms with Gasteiger partial charge in [0.05, 0.1) is 11.6 Å². The Bertz CT molecular complexity index is 592. The fourth-order valence-electron chi connectivity index (χ4n) is 1.52. The van der Waals surface area contributed by atoms with Crippen molar-refractivity contribution in [2.75, 3.05) is 0 Å². The summed E-state index contributed by atoms with van der Waals surface area (Å²) in [6.07, 6.45) is 0. The minimum Gasteiger partial charge on any atom is -0.334 e. The topological polar surface area (TPSA) is 64.9 Å². The minimum atomic E-state index is -0.255. The summed E-state index contributed by atoms with van der Waals surface area (Å²) in [7, 11) is 0. The summed E-state index contributed by atoms with van der Waals surface area (Å²) in [5.74, 6) is 1.04. The van der Waals surface area contributed by atoms with Gasteiger partial charge >= 0.3 is 0 Å². The first-order valence-corrected chi connectivity index (χ1v) is 7.71. The van der Waals surface area contributed by atoms with Crippen LogP contribution in [0.3, 0.4) is 0 Å². The van der Waals surface area contributed by atoms with E-state index in [0.29, 0.717) is 11.7 Å². The van der Waals surface area contributed by atoms with Crippen molar-refractivity contribution in [3.05, 3.63) is 32.1 Å². The molecule has 1 aromatic carbocycles. The molecule has 0 fully saturated rings. The highest BCUT2D eigenvalue weighted by molar-refractivity contribution is 14.1. The molecule has 1 heterocycles. The van der Waals surface area contributed by atoms with Crippen LogP contribution in [0.2, 0.25) is 0 Å². The van der Waals surface area contributed by atoms with E-state index in [-0.39, 0.29) is 11.5 Å². The maximum absolute atomic E-state index is 6.14. The van der Waals surface area contributed by atoms with Crippen LogP contribution in [-0.2, 0) is 0 Å². The maximum atomic E-state index is 6.14. The van der Waals surface area contributed by atoms with Gasteiger partial charge in [0.2, 0.25) is 0 Å². The van der Waals surface area contributed by atoms with Gasteiger partial charge in [-0.3, -0.25) is 0 Å². The lowest BCUT2D eigenvalue weighted by Crippen LogP contribution is -2.27. The summed E-state index contributed by atoms with van der Waals surface area (Å²) >= 11 is 5.69. The lowest BCUT2D eigenvalue weighted by molar-refractivity contribution is 0.303. The molecule has 0 spiro atoms. The number of benzene rings is 1. The Balaban J connectivity index is 2.39. The molecule has 102 valence electrons. The summed E-state index contributed by atoms with van der Waals surface area (Å²) in [6.45, 7) is 6.16. The number of hydrogen-bond donors (Lipinski definition) is 1. The third-order valence-corrected chi connectivity index (χ3v) is 4.25. The largest absolute Gasteiger partial charge is 0.334 e. The second kappa shape index (κ2) is 5.49. The Morgan fingerprint density at radius 2 is 2.05 bits per heavy atom. The molecule has 0 aliphatic rings. The third-order valence-electron chi connectivity index (χ3n) is 2.81. The molecule has 0 saturated carbocycles. The van der Waals surface area contributed by atoms with E-state index in [9.17, 15) is 0 Å². The molecule has 0 aliphatic heterocycles. The molecule has 0 bridgehead atoms. The fourth-order valence-corrected chi connectivity index (χ4v) is 2.45. The standard InChI is InChI=1S/C13H15BrIN3O/c1-13(2,3)10(16)11-17-12(19-18-11)8-6-7(14)4-5-9(8)15/h4-6,10H,16H2,1-3H3. The summed E-state index contributed by atoms with van der Waals surface area (Å²) in [4.78, 5) is 4.42. The number of aromatic nitrogens is 2. The Morgan fingerprint density at radius 3 is 2.68 bits per heavy atom. The van der Waals surface area contributed by atoms with E-state index in [1.165, 1.54) is 0 Å². The van der Waals surface area contributed by atoms with Crippen LogP contribution >= 0.6 is 38.5 Å². The van der Waals surface area contributed by atoms with Crippen molar-refractivity contribution in [2.45, 2.75) is 26.8 Å². The van der Waals surface area contributed by atoms with Crippen LogP contribution in [-0.4, -0.2) is 10.1 Å². The van der Waals surface area contributed by atoms with Crippen LogP contribution in [0.1, 0.15) is 32.6 Å². The van der Waals surface area contributed by atoms with Gasteiger partial charge in [0.1, 0.15) is 0 Å². The summed E-state index contributed by atoms with van der Waals surface area (Å²) in [5, 5.41) is 4.00. The number of rotatable bonds is 2. The quantitative estimate of drug-likeness (QED) is 0.719. The predicted molar refractivity (Wildman–Crippen MR) is 86.5 cm³/mol. The Hall–Kier alpha value is -0.470. The molecule has 4 nitrogen and oxygen atoms in total. The zero-order chi connectivity index (χ0) is 14.2. The van der Waals surface area contributed by atoms with Gasteiger partial charge in [-0.2, -0.15) is 4.98 Å². The monoisotopic (exact) mass is 435 g/mol. The van der Waals surface area contributed by atoms with Crippen molar-refractivity contribution >= 4 is 38.5 Å². The van der Waals surface area contributed by atoms with Gasteiger partial charge in [-0.1, -0.05) is 41.9 Å². The van der Waals surface area contributed by atoms with Crippen molar-refractivity contribution in [2.24, 2.45) is 11.1 Å². The molecule has 2 rings (SSSR count). The lowest BCUT2D eigenvalue weighted by atomic mass is 9.87. The molecule has 0 radical (unpaired) electrons. The van der Waals surface area contributed by atoms with Gasteiger partial charge in [-0.15, -0.1) is 0 Å². The second-order valence-electron chi connectivity index (χ2n) is 5.43. The van der Waals surface area contributed by atoms with Crippen LogP contribution in [0, 0.1) is 8.99 Å². The third kappa shape index (κ3) is 3.35. The van der Waals surface area contributed by atoms with Gasteiger partial charge in [-0.25, -0.2) is 0 Å². The molecule has 19 heavy (non-hydrogen) atoms. The smallest absolute Gasteiger partial charge is 0.259 e. The zero-order valence-corrected chi connectivity index (χ0v) is 14.7. The molecule has 0 saturated heterocycles. The van der Waals surface area contributed by atoms with Crippen LogP contribution in [0.4, 0.5) is 0 Å². The summed E-state index contributed by atoms with van der Waals surface area (Å²) in [5.41, 5.74) is 6.94. The Kier molecular flexibility index (Phi) is 4.32. The van der Waals surface area contributed by atoms with Crippen molar-refractivity contribution < 1.29 is 4.52 Å². The molecular formula is C13H15BrIN3O. The van der Waals surface area contributed by atoms with Crippen LogP contribution in [0.5, 0.6) is 0 Å². The summed E-state index contributed by atoms with van der Waals surface area (Å²) < 4.78 is 7.37. The maximum Gasteiger partial charge on any atom is 0.259 e. The second-order valence-corrected chi connectivity index (χ2v) is 7.50. The molecule has 1 unspecified atom stereocenters. The molecular weight excluding hydrogens is 421 g/mol.